The minimum atomic E-state index is -1.29. The normalized spacial score (nSPS) is 12.4. The van der Waals surface area contributed by atoms with Crippen LogP contribution in [-0.2, 0) is 43.2 Å². The van der Waals surface area contributed by atoms with E-state index < -0.39 is 41.7 Å². The lowest BCUT2D eigenvalue weighted by molar-refractivity contribution is -0.142. The van der Waals surface area contributed by atoms with Crippen molar-refractivity contribution in [2.24, 2.45) is 0 Å². The number of amides is 5. The van der Waals surface area contributed by atoms with E-state index in [-0.39, 0.29) is 75.9 Å². The minimum absolute atomic E-state index is 0.00676. The number of hydrogen-bond acceptors (Lipinski definition) is 10. The maximum atomic E-state index is 12.3. The van der Waals surface area contributed by atoms with Gasteiger partial charge in [0.1, 0.15) is 24.7 Å². The van der Waals surface area contributed by atoms with Gasteiger partial charge in [0, 0.05) is 58.2 Å². The molecule has 0 aliphatic heterocycles. The zero-order chi connectivity index (χ0) is 41.8. The first-order valence-corrected chi connectivity index (χ1v) is 20.7. The Morgan fingerprint density at radius 1 is 0.464 bits per heavy atom. The van der Waals surface area contributed by atoms with E-state index in [0.29, 0.717) is 45.1 Å². The maximum Gasteiger partial charge on any atom is 0.326 e. The number of carbonyl (C=O) groups excluding carboxylic acids is 7. The highest BCUT2D eigenvalue weighted by Gasteiger charge is 2.22. The quantitative estimate of drug-likeness (QED) is 0.0254. The Bertz CT molecular complexity index is 1190. The van der Waals surface area contributed by atoms with Gasteiger partial charge in [-0.25, -0.2) is 9.59 Å². The van der Waals surface area contributed by atoms with E-state index in [1.165, 1.54) is 25.7 Å². The highest BCUT2D eigenvalue weighted by atomic mass is 31.0. The Morgan fingerprint density at radius 3 is 1.27 bits per heavy atom. The third-order valence-corrected chi connectivity index (χ3v) is 9.44. The summed E-state index contributed by atoms with van der Waals surface area (Å²) in [6, 6.07) is -2.83. The van der Waals surface area contributed by atoms with Crippen LogP contribution < -0.4 is 31.7 Å². The molecule has 0 aliphatic rings. The zero-order valence-electron chi connectivity index (χ0n) is 32.9. The van der Waals surface area contributed by atoms with Crippen molar-refractivity contribution in [3.8, 4) is 0 Å². The monoisotopic (exact) mass is 814 g/mol. The van der Waals surface area contributed by atoms with Crippen molar-refractivity contribution >= 4 is 63.4 Å². The molecule has 4 atom stereocenters. The Labute approximate surface area is 333 Å². The largest absolute Gasteiger partial charge is 0.480 e. The summed E-state index contributed by atoms with van der Waals surface area (Å²) < 4.78 is 0. The molecule has 0 saturated carbocycles. The van der Waals surface area contributed by atoms with Crippen LogP contribution in [0, 0.1) is 0 Å². The van der Waals surface area contributed by atoms with Crippen LogP contribution in [-0.4, -0.2) is 102 Å². The van der Waals surface area contributed by atoms with Crippen LogP contribution in [0.3, 0.4) is 0 Å². The van der Waals surface area contributed by atoms with Gasteiger partial charge in [0.15, 0.2) is 0 Å². The van der Waals surface area contributed by atoms with E-state index in [1.54, 1.807) is 0 Å². The number of carbonyl (C=O) groups is 9. The molecule has 56 heavy (non-hydrogen) atoms. The molecule has 5 amide bonds. The lowest BCUT2D eigenvalue weighted by atomic mass is 10.1. The molecular formula is C38H67N6O11P. The number of carboxylic acid groups (broad SMARTS) is 2. The molecule has 0 heterocycles. The van der Waals surface area contributed by atoms with Crippen molar-refractivity contribution < 1.29 is 53.4 Å². The molecule has 0 bridgehead atoms. The summed E-state index contributed by atoms with van der Waals surface area (Å²) in [6.45, 7) is 0.740. The summed E-state index contributed by atoms with van der Waals surface area (Å²) >= 11 is 0. The fourth-order valence-electron chi connectivity index (χ4n) is 5.65. The number of aliphatic carboxylic acids is 2. The summed E-state index contributed by atoms with van der Waals surface area (Å²) in [4.78, 5) is 105. The average molecular weight is 815 g/mol. The van der Waals surface area contributed by atoms with Crippen LogP contribution in [0.15, 0.2) is 0 Å². The molecule has 17 nitrogen and oxygen atoms in total. The van der Waals surface area contributed by atoms with Crippen molar-refractivity contribution in [3.63, 3.8) is 0 Å². The molecule has 8 N–H and O–H groups in total. The summed E-state index contributed by atoms with van der Waals surface area (Å²) in [6.07, 6.45) is 15.5. The molecule has 0 spiro atoms. The molecule has 0 aromatic heterocycles. The summed E-state index contributed by atoms with van der Waals surface area (Å²) in [5.41, 5.74) is 0. The number of rotatable bonds is 38. The summed E-state index contributed by atoms with van der Waals surface area (Å²) in [7, 11) is 2.28. The summed E-state index contributed by atoms with van der Waals surface area (Å²) in [5, 5.41) is 34.5. The van der Waals surface area contributed by atoms with E-state index in [9.17, 15) is 53.4 Å². The van der Waals surface area contributed by atoms with Crippen LogP contribution in [0.2, 0.25) is 0 Å². The van der Waals surface area contributed by atoms with Crippen molar-refractivity contribution in [1.82, 2.24) is 31.7 Å². The Kier molecular flexibility index (Phi) is 32.9. The van der Waals surface area contributed by atoms with E-state index in [1.807, 2.05) is 0 Å². The van der Waals surface area contributed by atoms with E-state index in [2.05, 4.69) is 41.1 Å². The van der Waals surface area contributed by atoms with Gasteiger partial charge in [-0.1, -0.05) is 60.8 Å². The molecule has 18 heteroatoms. The molecule has 0 aliphatic carbocycles. The van der Waals surface area contributed by atoms with Gasteiger partial charge in [-0.3, -0.25) is 29.1 Å². The lowest BCUT2D eigenvalue weighted by Gasteiger charge is -2.15. The number of unbranched alkanes of at least 4 members (excludes halogenated alkanes) is 11. The van der Waals surface area contributed by atoms with E-state index >= 15 is 0 Å². The van der Waals surface area contributed by atoms with Crippen molar-refractivity contribution in [3.05, 3.63) is 0 Å². The van der Waals surface area contributed by atoms with Crippen molar-refractivity contribution in [2.75, 3.05) is 19.6 Å². The molecule has 0 fully saturated rings. The maximum absolute atomic E-state index is 12.3. The molecule has 0 aromatic carbocycles. The third-order valence-electron chi connectivity index (χ3n) is 9.01. The first-order chi connectivity index (χ1) is 26.9. The molecule has 0 radical (unpaired) electrons. The van der Waals surface area contributed by atoms with Crippen molar-refractivity contribution in [1.29, 1.82) is 0 Å². The van der Waals surface area contributed by atoms with Crippen LogP contribution in [0.25, 0.3) is 0 Å². The topological polar surface area (TPSA) is 266 Å². The molecule has 0 saturated heterocycles. The van der Waals surface area contributed by atoms with Gasteiger partial charge in [-0.2, -0.15) is 0 Å². The molecule has 0 rings (SSSR count). The van der Waals surface area contributed by atoms with Gasteiger partial charge in [0.2, 0.25) is 29.5 Å². The van der Waals surface area contributed by atoms with E-state index in [0.717, 1.165) is 51.1 Å². The number of nitrogens with one attached hydrogen (secondary N) is 6. The highest BCUT2D eigenvalue weighted by molar-refractivity contribution is 7.13. The van der Waals surface area contributed by atoms with Crippen LogP contribution in [0.5, 0.6) is 0 Å². The molecule has 0 aromatic rings. The Morgan fingerprint density at radius 2 is 0.857 bits per heavy atom. The summed E-state index contributed by atoms with van der Waals surface area (Å²) in [5.74, 6) is -4.58. The van der Waals surface area contributed by atoms with Crippen LogP contribution in [0.4, 0.5) is 0 Å². The molecule has 4 unspecified atom stereocenters. The highest BCUT2D eigenvalue weighted by Crippen LogP contribution is 2.12. The average Bonchev–Trinajstić information content (AvgIpc) is 3.16. The number of aldehydes is 2. The van der Waals surface area contributed by atoms with Gasteiger partial charge >= 0.3 is 11.9 Å². The predicted octanol–water partition coefficient (Wildman–Crippen LogP) is 2.59. The SMILES string of the molecule is O=CCCCCCCCCCCCCC(=O)NCCCC(=O)NC(CCC(=O)NCCCC(=O)NC(CCC(=O)NCCCCC(C=O)NP)C(=O)O)C(=O)O. The van der Waals surface area contributed by atoms with Gasteiger partial charge < -0.3 is 46.4 Å². The van der Waals surface area contributed by atoms with Gasteiger partial charge in [0.05, 0.1) is 6.04 Å². The second-order valence-corrected chi connectivity index (χ2v) is 14.2. The third kappa shape index (κ3) is 31.2. The number of hydrogen-bond donors (Lipinski definition) is 8. The van der Waals surface area contributed by atoms with Gasteiger partial charge in [-0.05, 0) is 57.8 Å². The standard InChI is InChI=1S/C38H67N6O11P/c45-27-13-9-7-5-3-1-2-4-6-8-10-17-32(47)40-25-14-18-35(50)43-31(38(54)55)21-23-34(49)41-26-15-19-36(51)42-30(37(52)53)20-22-33(48)39-24-12-11-16-29(28-46)44-56/h27-31,44H,1-26,56H2,(H,39,48)(H,40,47)(H,41,49)(H,42,51)(H,43,50)(H,52,53)(H,54,55). The molecular weight excluding hydrogens is 747 g/mol. The van der Waals surface area contributed by atoms with Crippen LogP contribution in [0.1, 0.15) is 148 Å². The number of carboxylic acids is 2. The van der Waals surface area contributed by atoms with Crippen LogP contribution >= 0.6 is 9.39 Å². The Balaban J connectivity index is 4.10. The van der Waals surface area contributed by atoms with Gasteiger partial charge in [-0.15, -0.1) is 0 Å². The predicted molar refractivity (Wildman–Crippen MR) is 213 cm³/mol. The first kappa shape index (κ1) is 52.0. The second kappa shape index (κ2) is 35.4. The first-order valence-electron chi connectivity index (χ1n) is 20.1. The molecule has 320 valence electrons. The lowest BCUT2D eigenvalue weighted by Crippen LogP contribution is -2.42. The fraction of sp³-hybridized carbons (Fsp3) is 0.763. The van der Waals surface area contributed by atoms with Crippen molar-refractivity contribution in [2.45, 2.75) is 166 Å². The minimum Gasteiger partial charge on any atom is -0.480 e. The second-order valence-electron chi connectivity index (χ2n) is 13.9. The van der Waals surface area contributed by atoms with E-state index in [4.69, 9.17) is 0 Å². The zero-order valence-corrected chi connectivity index (χ0v) is 34.1. The van der Waals surface area contributed by atoms with Gasteiger partial charge in [0.25, 0.3) is 0 Å². The smallest absolute Gasteiger partial charge is 0.326 e. The Hall–Kier alpha value is -3.98. The fourth-order valence-corrected chi connectivity index (χ4v) is 5.90.